The minimum Gasteiger partial charge on any atom is -0.352 e. The largest absolute Gasteiger partial charge is 0.352 e. The molecule has 2 rings (SSSR count). The summed E-state index contributed by atoms with van der Waals surface area (Å²) < 4.78 is 1.38. The Kier molecular flexibility index (Phi) is 4.68. The SMILES string of the molecule is CC(C)CNC(=O)c1cccc(Cn2ncsc2=O)c1. The van der Waals surface area contributed by atoms with Crippen molar-refractivity contribution in [3.05, 3.63) is 50.6 Å². The number of nitrogens with zero attached hydrogens (tertiary/aromatic N) is 2. The molecule has 6 heteroatoms. The van der Waals surface area contributed by atoms with Gasteiger partial charge in [0.15, 0.2) is 0 Å². The molecule has 1 heterocycles. The Morgan fingerprint density at radius 1 is 1.45 bits per heavy atom. The van der Waals surface area contributed by atoms with Crippen LogP contribution in [0.25, 0.3) is 0 Å². The Labute approximate surface area is 121 Å². The molecular weight excluding hydrogens is 274 g/mol. The van der Waals surface area contributed by atoms with Gasteiger partial charge in [-0.1, -0.05) is 37.3 Å². The molecule has 1 aromatic carbocycles. The molecule has 0 bridgehead atoms. The maximum atomic E-state index is 12.0. The molecule has 106 valence electrons. The van der Waals surface area contributed by atoms with Gasteiger partial charge in [0.2, 0.25) is 0 Å². The Hall–Kier alpha value is -1.95. The van der Waals surface area contributed by atoms with Gasteiger partial charge in [0.05, 0.1) is 6.54 Å². The number of nitrogens with one attached hydrogen (secondary N) is 1. The first kappa shape index (κ1) is 14.5. The summed E-state index contributed by atoms with van der Waals surface area (Å²) in [7, 11) is 0. The van der Waals surface area contributed by atoms with Crippen LogP contribution in [0, 0.1) is 5.92 Å². The Balaban J connectivity index is 2.10. The van der Waals surface area contributed by atoms with Gasteiger partial charge in [0.1, 0.15) is 5.51 Å². The molecule has 0 aliphatic carbocycles. The molecule has 0 aliphatic heterocycles. The van der Waals surface area contributed by atoms with Crippen molar-refractivity contribution in [2.24, 2.45) is 5.92 Å². The van der Waals surface area contributed by atoms with E-state index >= 15 is 0 Å². The average molecular weight is 291 g/mol. The molecule has 0 unspecified atom stereocenters. The number of hydrogen-bond acceptors (Lipinski definition) is 4. The zero-order valence-electron chi connectivity index (χ0n) is 11.5. The van der Waals surface area contributed by atoms with E-state index in [0.717, 1.165) is 16.9 Å². The van der Waals surface area contributed by atoms with Gasteiger partial charge in [-0.05, 0) is 23.6 Å². The molecule has 0 saturated carbocycles. The van der Waals surface area contributed by atoms with Gasteiger partial charge in [-0.2, -0.15) is 5.10 Å². The molecule has 5 nitrogen and oxygen atoms in total. The van der Waals surface area contributed by atoms with Gasteiger partial charge in [-0.3, -0.25) is 9.59 Å². The van der Waals surface area contributed by atoms with Crippen LogP contribution in [0.1, 0.15) is 29.8 Å². The molecule has 0 radical (unpaired) electrons. The highest BCUT2D eigenvalue weighted by atomic mass is 32.1. The van der Waals surface area contributed by atoms with Crippen LogP contribution in [0.5, 0.6) is 0 Å². The molecule has 2 aromatic rings. The second kappa shape index (κ2) is 6.47. The average Bonchev–Trinajstić information content (AvgIpc) is 2.82. The maximum absolute atomic E-state index is 12.0. The second-order valence-electron chi connectivity index (χ2n) is 4.97. The van der Waals surface area contributed by atoms with Gasteiger partial charge in [-0.25, -0.2) is 4.68 Å². The van der Waals surface area contributed by atoms with Crippen LogP contribution in [0.2, 0.25) is 0 Å². The van der Waals surface area contributed by atoms with Crippen LogP contribution in [0.4, 0.5) is 0 Å². The number of rotatable bonds is 5. The topological polar surface area (TPSA) is 64.0 Å². The highest BCUT2D eigenvalue weighted by Crippen LogP contribution is 2.07. The first-order valence-corrected chi connectivity index (χ1v) is 7.32. The maximum Gasteiger partial charge on any atom is 0.325 e. The summed E-state index contributed by atoms with van der Waals surface area (Å²) in [6, 6.07) is 7.26. The van der Waals surface area contributed by atoms with Gasteiger partial charge in [-0.15, -0.1) is 0 Å². The lowest BCUT2D eigenvalue weighted by Crippen LogP contribution is -2.27. The lowest BCUT2D eigenvalue weighted by molar-refractivity contribution is 0.0949. The summed E-state index contributed by atoms with van der Waals surface area (Å²) in [6.45, 7) is 5.12. The molecule has 0 atom stereocenters. The van der Waals surface area contributed by atoms with Crippen LogP contribution in [0.3, 0.4) is 0 Å². The van der Waals surface area contributed by atoms with Crippen LogP contribution in [-0.2, 0) is 6.54 Å². The highest BCUT2D eigenvalue weighted by molar-refractivity contribution is 7.06. The highest BCUT2D eigenvalue weighted by Gasteiger charge is 2.07. The van der Waals surface area contributed by atoms with E-state index in [9.17, 15) is 9.59 Å². The molecule has 1 aromatic heterocycles. The fraction of sp³-hybridized carbons (Fsp3) is 0.357. The zero-order chi connectivity index (χ0) is 14.5. The standard InChI is InChI=1S/C14H17N3O2S/c1-10(2)7-15-13(18)12-5-3-4-11(6-12)8-17-14(19)20-9-16-17/h3-6,9-10H,7-8H2,1-2H3,(H,15,18). The van der Waals surface area contributed by atoms with Gasteiger partial charge in [0, 0.05) is 12.1 Å². The fourth-order valence-electron chi connectivity index (χ4n) is 1.72. The molecule has 0 spiro atoms. The van der Waals surface area contributed by atoms with Gasteiger partial charge < -0.3 is 5.32 Å². The second-order valence-corrected chi connectivity index (χ2v) is 5.76. The van der Waals surface area contributed by atoms with Gasteiger partial charge in [0.25, 0.3) is 5.91 Å². The monoisotopic (exact) mass is 291 g/mol. The van der Waals surface area contributed by atoms with Crippen molar-refractivity contribution in [3.8, 4) is 0 Å². The van der Waals surface area contributed by atoms with Crippen molar-refractivity contribution in [3.63, 3.8) is 0 Å². The molecule has 0 fully saturated rings. The summed E-state index contributed by atoms with van der Waals surface area (Å²) in [5, 5.41) is 6.84. The van der Waals surface area contributed by atoms with E-state index in [-0.39, 0.29) is 10.8 Å². The van der Waals surface area contributed by atoms with Crippen LogP contribution >= 0.6 is 11.3 Å². The first-order valence-electron chi connectivity index (χ1n) is 6.44. The van der Waals surface area contributed by atoms with E-state index in [1.54, 1.807) is 12.1 Å². The van der Waals surface area contributed by atoms with E-state index in [1.807, 2.05) is 26.0 Å². The summed E-state index contributed by atoms with van der Waals surface area (Å²) in [6.07, 6.45) is 0. The summed E-state index contributed by atoms with van der Waals surface area (Å²) in [4.78, 5) is 23.3. The van der Waals surface area contributed by atoms with Crippen LogP contribution < -0.4 is 10.2 Å². The number of aromatic nitrogens is 2. The van der Waals surface area contributed by atoms with Crippen molar-refractivity contribution >= 4 is 17.2 Å². The van der Waals surface area contributed by atoms with Crippen LogP contribution in [0.15, 0.2) is 34.6 Å². The number of amides is 1. The summed E-state index contributed by atoms with van der Waals surface area (Å²) in [5.74, 6) is 0.321. The Morgan fingerprint density at radius 3 is 2.90 bits per heavy atom. The predicted molar refractivity (Wildman–Crippen MR) is 79.1 cm³/mol. The molecule has 0 saturated heterocycles. The Morgan fingerprint density at radius 2 is 2.25 bits per heavy atom. The molecule has 20 heavy (non-hydrogen) atoms. The minimum atomic E-state index is -0.0975. The molecule has 1 amide bonds. The molecule has 1 N–H and O–H groups in total. The van der Waals surface area contributed by atoms with Crippen molar-refractivity contribution in [2.75, 3.05) is 6.54 Å². The summed E-state index contributed by atoms with van der Waals surface area (Å²) in [5.41, 5.74) is 3.00. The zero-order valence-corrected chi connectivity index (χ0v) is 12.3. The number of benzene rings is 1. The molecular formula is C14H17N3O2S. The van der Waals surface area contributed by atoms with E-state index in [4.69, 9.17) is 0 Å². The van der Waals surface area contributed by atoms with E-state index in [1.165, 1.54) is 10.2 Å². The van der Waals surface area contributed by atoms with E-state index < -0.39 is 0 Å². The summed E-state index contributed by atoms with van der Waals surface area (Å²) >= 11 is 1.06. The van der Waals surface area contributed by atoms with Crippen molar-refractivity contribution in [1.82, 2.24) is 15.1 Å². The normalized spacial score (nSPS) is 10.8. The number of carbonyl (C=O) groups is 1. The number of carbonyl (C=O) groups excluding carboxylic acids is 1. The third kappa shape index (κ3) is 3.77. The van der Waals surface area contributed by atoms with Crippen molar-refractivity contribution in [1.29, 1.82) is 0 Å². The lowest BCUT2D eigenvalue weighted by atomic mass is 10.1. The Bertz CT molecular complexity index is 646. The molecule has 0 aliphatic rings. The van der Waals surface area contributed by atoms with E-state index in [0.29, 0.717) is 24.6 Å². The predicted octanol–water partition coefficient (Wildman–Crippen LogP) is 1.74. The van der Waals surface area contributed by atoms with Crippen molar-refractivity contribution in [2.45, 2.75) is 20.4 Å². The van der Waals surface area contributed by atoms with Crippen molar-refractivity contribution < 1.29 is 4.79 Å². The van der Waals surface area contributed by atoms with Crippen LogP contribution in [-0.4, -0.2) is 22.2 Å². The number of hydrogen-bond donors (Lipinski definition) is 1. The fourth-order valence-corrected chi connectivity index (χ4v) is 2.21. The lowest BCUT2D eigenvalue weighted by Gasteiger charge is -2.08. The quantitative estimate of drug-likeness (QED) is 0.912. The first-order chi connectivity index (χ1) is 9.56. The third-order valence-corrected chi connectivity index (χ3v) is 3.36. The minimum absolute atomic E-state index is 0.0915. The third-order valence-electron chi connectivity index (χ3n) is 2.74. The van der Waals surface area contributed by atoms with Gasteiger partial charge >= 0.3 is 4.87 Å². The smallest absolute Gasteiger partial charge is 0.325 e. The van der Waals surface area contributed by atoms with E-state index in [2.05, 4.69) is 10.4 Å².